The number of ether oxygens (including phenoxy) is 1. The molecule has 1 heterocycles. The Morgan fingerprint density at radius 1 is 1.04 bits per heavy atom. The summed E-state index contributed by atoms with van der Waals surface area (Å²) in [5.41, 5.74) is 1.45. The number of para-hydroxylation sites is 2. The van der Waals surface area contributed by atoms with E-state index in [1.807, 2.05) is 6.07 Å². The zero-order chi connectivity index (χ0) is 18.5. The van der Waals surface area contributed by atoms with Gasteiger partial charge in [0.1, 0.15) is 0 Å². The topological polar surface area (TPSA) is 98.5 Å². The number of aromatic nitrogens is 2. The molecule has 0 radical (unpaired) electrons. The number of anilines is 1. The van der Waals surface area contributed by atoms with Crippen molar-refractivity contribution in [1.82, 2.24) is 9.97 Å². The molecule has 1 amide bonds. The molecule has 0 aliphatic rings. The fourth-order valence-electron chi connectivity index (χ4n) is 2.29. The quantitative estimate of drug-likeness (QED) is 0.526. The minimum absolute atomic E-state index is 0.0512. The molecule has 0 saturated carbocycles. The van der Waals surface area contributed by atoms with Gasteiger partial charge in [0.2, 0.25) is 0 Å². The average molecular weight is 350 g/mol. The van der Waals surface area contributed by atoms with E-state index in [9.17, 15) is 14.9 Å². The van der Waals surface area contributed by atoms with Crippen LogP contribution < -0.4 is 9.64 Å². The fraction of sp³-hybridized carbons (Fsp3) is 0.0556. The molecule has 0 unspecified atom stereocenters. The number of carbonyl (C=O) groups is 1. The van der Waals surface area contributed by atoms with E-state index in [2.05, 4.69) is 9.97 Å². The fourth-order valence-corrected chi connectivity index (χ4v) is 2.29. The van der Waals surface area contributed by atoms with Gasteiger partial charge in [0.05, 0.1) is 10.5 Å². The van der Waals surface area contributed by atoms with Gasteiger partial charge in [-0.3, -0.25) is 15.0 Å². The third-order valence-electron chi connectivity index (χ3n) is 3.64. The number of amides is 1. The van der Waals surface area contributed by atoms with E-state index in [0.717, 1.165) is 0 Å². The van der Waals surface area contributed by atoms with Gasteiger partial charge in [-0.2, -0.15) is 0 Å². The molecule has 130 valence electrons. The maximum atomic E-state index is 12.1. The lowest BCUT2D eigenvalue weighted by Crippen LogP contribution is -2.29. The summed E-state index contributed by atoms with van der Waals surface area (Å²) in [5.74, 6) is 0. The first kappa shape index (κ1) is 17.0. The summed E-state index contributed by atoms with van der Waals surface area (Å²) in [6.07, 6.45) is 2.11. The van der Waals surface area contributed by atoms with Crippen LogP contribution in [-0.4, -0.2) is 28.0 Å². The van der Waals surface area contributed by atoms with Gasteiger partial charge in [0.15, 0.2) is 0 Å². The molecule has 3 aromatic rings. The Labute approximate surface area is 148 Å². The van der Waals surface area contributed by atoms with Gasteiger partial charge >= 0.3 is 12.1 Å². The van der Waals surface area contributed by atoms with Gasteiger partial charge in [-0.25, -0.2) is 14.8 Å². The van der Waals surface area contributed by atoms with Crippen LogP contribution in [-0.2, 0) is 0 Å². The molecule has 0 aliphatic carbocycles. The van der Waals surface area contributed by atoms with Crippen LogP contribution in [0.2, 0.25) is 0 Å². The van der Waals surface area contributed by atoms with E-state index >= 15 is 0 Å². The monoisotopic (exact) mass is 350 g/mol. The Kier molecular flexibility index (Phi) is 4.84. The number of rotatable bonds is 4. The first-order valence-corrected chi connectivity index (χ1v) is 7.62. The molecule has 0 aliphatic heterocycles. The molecule has 3 rings (SSSR count). The third-order valence-corrected chi connectivity index (χ3v) is 3.64. The average Bonchev–Trinajstić information content (AvgIpc) is 2.68. The number of carbonyl (C=O) groups excluding carboxylic acids is 1. The summed E-state index contributed by atoms with van der Waals surface area (Å²) in [5, 5.41) is 11.1. The first-order chi connectivity index (χ1) is 12.6. The van der Waals surface area contributed by atoms with Gasteiger partial charge in [0.25, 0.3) is 5.69 Å². The van der Waals surface area contributed by atoms with E-state index < -0.39 is 11.0 Å². The van der Waals surface area contributed by atoms with Crippen molar-refractivity contribution >= 4 is 17.5 Å². The summed E-state index contributed by atoms with van der Waals surface area (Å²) in [6.45, 7) is 0. The number of nitro benzene ring substituents is 1. The Morgan fingerprint density at radius 3 is 2.31 bits per heavy atom. The Balaban J connectivity index is 1.76. The molecule has 0 bridgehead atoms. The number of nitrogens with zero attached hydrogens (tertiary/aromatic N) is 4. The number of hydrogen-bond acceptors (Lipinski definition) is 6. The van der Waals surface area contributed by atoms with Gasteiger partial charge in [0, 0.05) is 36.8 Å². The van der Waals surface area contributed by atoms with Crippen molar-refractivity contribution in [2.45, 2.75) is 0 Å². The summed E-state index contributed by atoms with van der Waals surface area (Å²) >= 11 is 0. The smallest absolute Gasteiger partial charge is 0.374 e. The van der Waals surface area contributed by atoms with E-state index in [1.54, 1.807) is 49.5 Å². The molecule has 0 atom stereocenters. The normalized spacial score (nSPS) is 10.2. The second-order valence-electron chi connectivity index (χ2n) is 5.29. The van der Waals surface area contributed by atoms with E-state index in [4.69, 9.17) is 4.74 Å². The van der Waals surface area contributed by atoms with Crippen LogP contribution in [0.25, 0.3) is 11.1 Å². The molecular weight excluding hydrogens is 336 g/mol. The zero-order valence-electron chi connectivity index (χ0n) is 13.8. The van der Waals surface area contributed by atoms with Crippen LogP contribution in [0.15, 0.2) is 67.0 Å². The Hall–Kier alpha value is -3.81. The van der Waals surface area contributed by atoms with Crippen LogP contribution in [0, 0.1) is 10.1 Å². The maximum absolute atomic E-state index is 12.1. The van der Waals surface area contributed by atoms with Crippen molar-refractivity contribution < 1.29 is 14.5 Å². The molecule has 8 nitrogen and oxygen atoms in total. The van der Waals surface area contributed by atoms with Crippen molar-refractivity contribution in [2.24, 2.45) is 0 Å². The van der Waals surface area contributed by atoms with E-state index in [1.165, 1.54) is 23.4 Å². The molecule has 0 spiro atoms. The molecule has 0 saturated heterocycles. The van der Waals surface area contributed by atoms with Crippen molar-refractivity contribution in [3.8, 4) is 17.1 Å². The minimum Gasteiger partial charge on any atom is -0.374 e. The lowest BCUT2D eigenvalue weighted by molar-refractivity contribution is -0.384. The van der Waals surface area contributed by atoms with Gasteiger partial charge in [-0.05, 0) is 18.2 Å². The lowest BCUT2D eigenvalue weighted by atomic mass is 10.1. The lowest BCUT2D eigenvalue weighted by Gasteiger charge is -2.15. The maximum Gasteiger partial charge on any atom is 0.421 e. The summed E-state index contributed by atoms with van der Waals surface area (Å²) < 4.78 is 5.13. The highest BCUT2D eigenvalue weighted by molar-refractivity contribution is 5.88. The highest BCUT2D eigenvalue weighted by Gasteiger charge is 2.17. The van der Waals surface area contributed by atoms with Crippen molar-refractivity contribution in [1.29, 1.82) is 0 Å². The molecule has 8 heteroatoms. The van der Waals surface area contributed by atoms with Crippen molar-refractivity contribution in [3.05, 3.63) is 77.1 Å². The molecule has 1 aromatic heterocycles. The van der Waals surface area contributed by atoms with Gasteiger partial charge < -0.3 is 4.74 Å². The molecule has 0 fully saturated rings. The highest BCUT2D eigenvalue weighted by Crippen LogP contribution is 2.28. The van der Waals surface area contributed by atoms with E-state index in [0.29, 0.717) is 16.8 Å². The van der Waals surface area contributed by atoms with Crippen LogP contribution in [0.5, 0.6) is 6.01 Å². The summed E-state index contributed by atoms with van der Waals surface area (Å²) in [4.78, 5) is 32.0. The number of benzene rings is 2. The van der Waals surface area contributed by atoms with Gasteiger partial charge in [-0.1, -0.05) is 30.3 Å². The largest absolute Gasteiger partial charge is 0.421 e. The SMILES string of the molecule is CN(C(=O)Oc1ncc(-c2ccccc2[N+](=O)[O-])cn1)c1ccccc1. The van der Waals surface area contributed by atoms with Crippen LogP contribution in [0.4, 0.5) is 16.2 Å². The molecular formula is C18H14N4O4. The minimum atomic E-state index is -0.644. The molecule has 26 heavy (non-hydrogen) atoms. The van der Waals surface area contributed by atoms with E-state index in [-0.39, 0.29) is 11.7 Å². The predicted molar refractivity (Wildman–Crippen MR) is 95.0 cm³/mol. The summed E-state index contributed by atoms with van der Waals surface area (Å²) in [6, 6.07) is 15.1. The van der Waals surface area contributed by atoms with Crippen LogP contribution in [0.1, 0.15) is 0 Å². The van der Waals surface area contributed by atoms with Crippen molar-refractivity contribution in [2.75, 3.05) is 11.9 Å². The second kappa shape index (κ2) is 7.39. The second-order valence-corrected chi connectivity index (χ2v) is 5.29. The Bertz CT molecular complexity index is 929. The molecule has 0 N–H and O–H groups in total. The van der Waals surface area contributed by atoms with Crippen LogP contribution >= 0.6 is 0 Å². The number of nitro groups is 1. The Morgan fingerprint density at radius 2 is 1.65 bits per heavy atom. The van der Waals surface area contributed by atoms with Gasteiger partial charge in [-0.15, -0.1) is 0 Å². The summed E-state index contributed by atoms with van der Waals surface area (Å²) in [7, 11) is 1.57. The highest BCUT2D eigenvalue weighted by atomic mass is 16.6. The predicted octanol–water partition coefficient (Wildman–Crippen LogP) is 3.69. The number of hydrogen-bond donors (Lipinski definition) is 0. The first-order valence-electron chi connectivity index (χ1n) is 7.62. The zero-order valence-corrected chi connectivity index (χ0v) is 13.8. The third kappa shape index (κ3) is 3.64. The van der Waals surface area contributed by atoms with Crippen molar-refractivity contribution in [3.63, 3.8) is 0 Å². The van der Waals surface area contributed by atoms with Crippen LogP contribution in [0.3, 0.4) is 0 Å². The standard InChI is InChI=1S/C18H14N4O4/c1-21(14-7-3-2-4-8-14)18(23)26-17-19-11-13(12-20-17)15-9-5-6-10-16(15)22(24)25/h2-12H,1H3. The molecule has 2 aromatic carbocycles.